The minimum atomic E-state index is -0.335. The fraction of sp³-hybridized carbons (Fsp3) is 0.333. The molecule has 24 heavy (non-hydrogen) atoms. The second-order valence-corrected chi connectivity index (χ2v) is 5.87. The van der Waals surface area contributed by atoms with Crippen LogP contribution < -0.4 is 14.5 Å². The summed E-state index contributed by atoms with van der Waals surface area (Å²) in [6, 6.07) is 13.4. The maximum atomic E-state index is 10.9. The molecular formula is C18H21N3O3. The molecule has 0 unspecified atom stereocenters. The van der Waals surface area contributed by atoms with Crippen LogP contribution in [-0.4, -0.2) is 38.2 Å². The highest BCUT2D eigenvalue weighted by Gasteiger charge is 2.21. The summed E-state index contributed by atoms with van der Waals surface area (Å²) < 4.78 is 5.44. The number of para-hydroxylation sites is 2. The summed E-state index contributed by atoms with van der Waals surface area (Å²) in [5.41, 5.74) is 3.02. The lowest BCUT2D eigenvalue weighted by molar-refractivity contribution is -0.385. The number of hydrogen-bond donors (Lipinski definition) is 0. The normalized spacial score (nSPS) is 14.6. The molecule has 126 valence electrons. The third-order valence-electron chi connectivity index (χ3n) is 4.45. The van der Waals surface area contributed by atoms with Gasteiger partial charge in [-0.2, -0.15) is 0 Å². The van der Waals surface area contributed by atoms with E-state index in [0.29, 0.717) is 5.56 Å². The lowest BCUT2D eigenvalue weighted by atomic mass is 10.1. The monoisotopic (exact) mass is 327 g/mol. The number of methoxy groups -OCH3 is 1. The Morgan fingerprint density at radius 3 is 2.33 bits per heavy atom. The number of ether oxygens (including phenoxy) is 1. The van der Waals surface area contributed by atoms with Crippen molar-refractivity contribution in [3.8, 4) is 5.75 Å². The Balaban J connectivity index is 1.71. The van der Waals surface area contributed by atoms with E-state index in [-0.39, 0.29) is 10.6 Å². The Morgan fingerprint density at radius 1 is 1.04 bits per heavy atom. The first kappa shape index (κ1) is 16.1. The molecule has 6 heteroatoms. The summed E-state index contributed by atoms with van der Waals surface area (Å²) in [7, 11) is 1.69. The zero-order valence-electron chi connectivity index (χ0n) is 13.9. The van der Waals surface area contributed by atoms with Gasteiger partial charge in [0.2, 0.25) is 0 Å². The molecule has 1 saturated heterocycles. The molecule has 0 bridgehead atoms. The first-order chi connectivity index (χ1) is 11.6. The van der Waals surface area contributed by atoms with Crippen molar-refractivity contribution in [3.05, 3.63) is 58.1 Å². The van der Waals surface area contributed by atoms with Crippen LogP contribution in [0.25, 0.3) is 0 Å². The molecule has 1 fully saturated rings. The molecule has 0 aromatic heterocycles. The predicted octanol–water partition coefficient (Wildman–Crippen LogP) is 3.24. The minimum absolute atomic E-state index is 0.173. The second kappa shape index (κ2) is 6.78. The molecule has 1 aliphatic heterocycles. The molecule has 0 atom stereocenters. The molecule has 0 aliphatic carbocycles. The molecule has 1 aliphatic rings. The first-order valence-corrected chi connectivity index (χ1v) is 7.98. The van der Waals surface area contributed by atoms with Crippen LogP contribution in [0.4, 0.5) is 17.1 Å². The summed E-state index contributed by atoms with van der Waals surface area (Å²) in [6.07, 6.45) is 0. The maximum Gasteiger partial charge on any atom is 0.272 e. The van der Waals surface area contributed by atoms with E-state index in [1.54, 1.807) is 20.1 Å². The third-order valence-corrected chi connectivity index (χ3v) is 4.45. The van der Waals surface area contributed by atoms with E-state index < -0.39 is 0 Å². The average Bonchev–Trinajstić information content (AvgIpc) is 2.61. The van der Waals surface area contributed by atoms with Gasteiger partial charge in [0, 0.05) is 43.5 Å². The number of rotatable bonds is 4. The fourth-order valence-corrected chi connectivity index (χ4v) is 3.14. The van der Waals surface area contributed by atoms with Gasteiger partial charge in [0.05, 0.1) is 17.7 Å². The van der Waals surface area contributed by atoms with Crippen LogP contribution in [0.5, 0.6) is 5.75 Å². The van der Waals surface area contributed by atoms with E-state index >= 15 is 0 Å². The SMILES string of the molecule is COc1ccccc1N1CCN(c2ccc([N+](=O)[O-])c(C)c2)CC1. The highest BCUT2D eigenvalue weighted by atomic mass is 16.6. The highest BCUT2D eigenvalue weighted by molar-refractivity contribution is 5.61. The molecule has 0 amide bonds. The quantitative estimate of drug-likeness (QED) is 0.637. The Labute approximate surface area is 141 Å². The van der Waals surface area contributed by atoms with Gasteiger partial charge in [-0.3, -0.25) is 10.1 Å². The van der Waals surface area contributed by atoms with E-state index in [0.717, 1.165) is 43.3 Å². The van der Waals surface area contributed by atoms with Gasteiger partial charge in [-0.25, -0.2) is 0 Å². The molecule has 0 saturated carbocycles. The lowest BCUT2D eigenvalue weighted by Gasteiger charge is -2.37. The summed E-state index contributed by atoms with van der Waals surface area (Å²) >= 11 is 0. The van der Waals surface area contributed by atoms with Crippen LogP contribution in [0, 0.1) is 17.0 Å². The van der Waals surface area contributed by atoms with Gasteiger partial charge in [0.15, 0.2) is 0 Å². The summed E-state index contributed by atoms with van der Waals surface area (Å²) in [5.74, 6) is 0.886. The van der Waals surface area contributed by atoms with Gasteiger partial charge in [0.1, 0.15) is 5.75 Å². The van der Waals surface area contributed by atoms with Gasteiger partial charge in [-0.15, -0.1) is 0 Å². The van der Waals surface area contributed by atoms with Crippen LogP contribution >= 0.6 is 0 Å². The van der Waals surface area contributed by atoms with Crippen molar-refractivity contribution in [2.75, 3.05) is 43.1 Å². The van der Waals surface area contributed by atoms with Gasteiger partial charge in [-0.05, 0) is 31.2 Å². The molecular weight excluding hydrogens is 306 g/mol. The Kier molecular flexibility index (Phi) is 4.55. The Morgan fingerprint density at radius 2 is 1.71 bits per heavy atom. The van der Waals surface area contributed by atoms with E-state index in [1.807, 2.05) is 30.3 Å². The van der Waals surface area contributed by atoms with Crippen molar-refractivity contribution in [3.63, 3.8) is 0 Å². The predicted molar refractivity (Wildman–Crippen MR) is 95.3 cm³/mol. The van der Waals surface area contributed by atoms with E-state index in [9.17, 15) is 10.1 Å². The Bertz CT molecular complexity index is 740. The molecule has 0 N–H and O–H groups in total. The number of nitrogens with zero attached hydrogens (tertiary/aromatic N) is 3. The number of aryl methyl sites for hydroxylation is 1. The number of hydrogen-bond acceptors (Lipinski definition) is 5. The molecule has 3 rings (SSSR count). The maximum absolute atomic E-state index is 10.9. The van der Waals surface area contributed by atoms with Crippen LogP contribution in [0.1, 0.15) is 5.56 Å². The molecule has 0 spiro atoms. The first-order valence-electron chi connectivity index (χ1n) is 7.98. The van der Waals surface area contributed by atoms with Crippen molar-refractivity contribution < 1.29 is 9.66 Å². The summed E-state index contributed by atoms with van der Waals surface area (Å²) in [5, 5.41) is 10.9. The van der Waals surface area contributed by atoms with Crippen LogP contribution in [0.3, 0.4) is 0 Å². The largest absolute Gasteiger partial charge is 0.495 e. The second-order valence-electron chi connectivity index (χ2n) is 5.87. The fourth-order valence-electron chi connectivity index (χ4n) is 3.14. The van der Waals surface area contributed by atoms with Crippen LogP contribution in [0.15, 0.2) is 42.5 Å². The number of benzene rings is 2. The van der Waals surface area contributed by atoms with Crippen molar-refractivity contribution >= 4 is 17.1 Å². The number of nitro groups is 1. The van der Waals surface area contributed by atoms with Crippen LogP contribution in [-0.2, 0) is 0 Å². The molecule has 2 aromatic carbocycles. The summed E-state index contributed by atoms with van der Waals surface area (Å²) in [4.78, 5) is 15.2. The van der Waals surface area contributed by atoms with Gasteiger partial charge >= 0.3 is 0 Å². The third kappa shape index (κ3) is 3.13. The van der Waals surface area contributed by atoms with Gasteiger partial charge in [0.25, 0.3) is 5.69 Å². The van der Waals surface area contributed by atoms with E-state index in [1.165, 1.54) is 0 Å². The smallest absolute Gasteiger partial charge is 0.272 e. The topological polar surface area (TPSA) is 58.8 Å². The van der Waals surface area contributed by atoms with E-state index in [2.05, 4.69) is 15.9 Å². The molecule has 6 nitrogen and oxygen atoms in total. The van der Waals surface area contributed by atoms with Crippen molar-refractivity contribution in [2.45, 2.75) is 6.92 Å². The minimum Gasteiger partial charge on any atom is -0.495 e. The molecule has 1 heterocycles. The van der Waals surface area contributed by atoms with Gasteiger partial charge in [-0.1, -0.05) is 12.1 Å². The standard InChI is InChI=1S/C18H21N3O3/c1-14-13-15(7-8-16(14)21(22)23)19-9-11-20(12-10-19)17-5-3-4-6-18(17)24-2/h3-8,13H,9-12H2,1-2H3. The van der Waals surface area contributed by atoms with Crippen LogP contribution in [0.2, 0.25) is 0 Å². The van der Waals surface area contributed by atoms with Crippen molar-refractivity contribution in [1.82, 2.24) is 0 Å². The van der Waals surface area contributed by atoms with E-state index in [4.69, 9.17) is 4.74 Å². The zero-order valence-corrected chi connectivity index (χ0v) is 13.9. The average molecular weight is 327 g/mol. The number of piperazine rings is 1. The number of nitro benzene ring substituents is 1. The Hall–Kier alpha value is -2.76. The zero-order chi connectivity index (χ0) is 17.1. The highest BCUT2D eigenvalue weighted by Crippen LogP contribution is 2.30. The van der Waals surface area contributed by atoms with Crippen molar-refractivity contribution in [2.24, 2.45) is 0 Å². The molecule has 0 radical (unpaired) electrons. The number of anilines is 2. The van der Waals surface area contributed by atoms with Crippen molar-refractivity contribution in [1.29, 1.82) is 0 Å². The molecule has 2 aromatic rings. The van der Waals surface area contributed by atoms with Gasteiger partial charge < -0.3 is 14.5 Å². The lowest BCUT2D eigenvalue weighted by Crippen LogP contribution is -2.46. The summed E-state index contributed by atoms with van der Waals surface area (Å²) in [6.45, 7) is 5.30.